The predicted octanol–water partition coefficient (Wildman–Crippen LogP) is 6.77. The van der Waals surface area contributed by atoms with Crippen molar-refractivity contribution in [3.63, 3.8) is 0 Å². The normalized spacial score (nSPS) is 11.6. The van der Waals surface area contributed by atoms with Crippen LogP contribution in [0.2, 0.25) is 5.02 Å². The van der Waals surface area contributed by atoms with Crippen molar-refractivity contribution in [2.24, 2.45) is 0 Å². The molecule has 0 heterocycles. The molecule has 0 spiro atoms. The van der Waals surface area contributed by atoms with E-state index in [0.717, 1.165) is 27.8 Å². The highest BCUT2D eigenvalue weighted by molar-refractivity contribution is 6.34. The SMILES string of the molecule is O=Cc1c(Cl)ccc2cc3cc4cc5ccccc5cc4cc3cc12. The molecule has 0 aliphatic carbocycles. The van der Waals surface area contributed by atoms with Gasteiger partial charge in [0.1, 0.15) is 0 Å². The van der Waals surface area contributed by atoms with Gasteiger partial charge in [0.05, 0.1) is 5.02 Å². The molecule has 5 rings (SSSR count). The number of hydrogen-bond donors (Lipinski definition) is 0. The lowest BCUT2D eigenvalue weighted by atomic mass is 9.96. The average molecular weight is 341 g/mol. The summed E-state index contributed by atoms with van der Waals surface area (Å²) in [6, 6.07) is 25.2. The van der Waals surface area contributed by atoms with Crippen LogP contribution in [0.25, 0.3) is 43.1 Å². The number of aldehydes is 1. The van der Waals surface area contributed by atoms with Crippen molar-refractivity contribution < 1.29 is 4.79 Å². The lowest BCUT2D eigenvalue weighted by Gasteiger charge is -2.09. The summed E-state index contributed by atoms with van der Waals surface area (Å²) < 4.78 is 0. The van der Waals surface area contributed by atoms with Crippen molar-refractivity contribution in [1.29, 1.82) is 0 Å². The summed E-state index contributed by atoms with van der Waals surface area (Å²) in [6.45, 7) is 0. The Bertz CT molecular complexity index is 1320. The summed E-state index contributed by atoms with van der Waals surface area (Å²) in [4.78, 5) is 11.5. The molecule has 0 atom stereocenters. The smallest absolute Gasteiger partial charge is 0.152 e. The van der Waals surface area contributed by atoms with E-state index in [0.29, 0.717) is 10.6 Å². The van der Waals surface area contributed by atoms with Crippen molar-refractivity contribution >= 4 is 61.0 Å². The average Bonchev–Trinajstić information content (AvgIpc) is 2.63. The van der Waals surface area contributed by atoms with Crippen molar-refractivity contribution in [2.75, 3.05) is 0 Å². The van der Waals surface area contributed by atoms with Gasteiger partial charge in [-0.05, 0) is 85.6 Å². The lowest BCUT2D eigenvalue weighted by Crippen LogP contribution is -1.87. The fraction of sp³-hybridized carbons (Fsp3) is 0. The molecule has 0 bridgehead atoms. The van der Waals surface area contributed by atoms with Crippen LogP contribution in [0, 0.1) is 0 Å². The number of fused-ring (bicyclic) bond motifs is 4. The number of halogens is 1. The fourth-order valence-electron chi connectivity index (χ4n) is 3.63. The van der Waals surface area contributed by atoms with Crippen LogP contribution in [0.1, 0.15) is 10.4 Å². The van der Waals surface area contributed by atoms with E-state index in [-0.39, 0.29) is 0 Å². The maximum absolute atomic E-state index is 11.5. The number of rotatable bonds is 1. The van der Waals surface area contributed by atoms with Crippen LogP contribution in [-0.4, -0.2) is 6.29 Å². The topological polar surface area (TPSA) is 17.1 Å². The van der Waals surface area contributed by atoms with Gasteiger partial charge in [0.15, 0.2) is 6.29 Å². The molecule has 0 saturated heterocycles. The monoisotopic (exact) mass is 340 g/mol. The maximum atomic E-state index is 11.5. The molecule has 0 fully saturated rings. The minimum atomic E-state index is 0.494. The molecule has 0 N–H and O–H groups in total. The second kappa shape index (κ2) is 5.30. The molecule has 5 aromatic carbocycles. The number of carbonyl (C=O) groups excluding carboxylic acids is 1. The van der Waals surface area contributed by atoms with Gasteiger partial charge in [-0.3, -0.25) is 4.79 Å². The van der Waals surface area contributed by atoms with Crippen LogP contribution >= 0.6 is 11.6 Å². The third-order valence-electron chi connectivity index (χ3n) is 4.90. The summed E-state index contributed by atoms with van der Waals surface area (Å²) in [5.74, 6) is 0. The van der Waals surface area contributed by atoms with Gasteiger partial charge in [-0.25, -0.2) is 0 Å². The van der Waals surface area contributed by atoms with E-state index in [4.69, 9.17) is 11.6 Å². The molecule has 2 heteroatoms. The zero-order valence-corrected chi connectivity index (χ0v) is 14.0. The van der Waals surface area contributed by atoms with Crippen molar-refractivity contribution in [3.8, 4) is 0 Å². The van der Waals surface area contributed by atoms with Gasteiger partial charge >= 0.3 is 0 Å². The van der Waals surface area contributed by atoms with Crippen LogP contribution in [0.15, 0.2) is 72.8 Å². The van der Waals surface area contributed by atoms with Gasteiger partial charge in [0.2, 0.25) is 0 Å². The van der Waals surface area contributed by atoms with Gasteiger partial charge in [-0.2, -0.15) is 0 Å². The van der Waals surface area contributed by atoms with Gasteiger partial charge in [-0.1, -0.05) is 41.9 Å². The van der Waals surface area contributed by atoms with Gasteiger partial charge in [-0.15, -0.1) is 0 Å². The molecular weight excluding hydrogens is 328 g/mol. The quantitative estimate of drug-likeness (QED) is 0.243. The number of hydrogen-bond acceptors (Lipinski definition) is 1. The maximum Gasteiger partial charge on any atom is 0.152 e. The van der Waals surface area contributed by atoms with E-state index in [9.17, 15) is 4.79 Å². The van der Waals surface area contributed by atoms with E-state index in [1.54, 1.807) is 6.07 Å². The highest BCUT2D eigenvalue weighted by Gasteiger charge is 2.08. The van der Waals surface area contributed by atoms with Crippen molar-refractivity contribution in [3.05, 3.63) is 83.4 Å². The zero-order chi connectivity index (χ0) is 17.0. The summed E-state index contributed by atoms with van der Waals surface area (Å²) >= 11 is 6.18. The van der Waals surface area contributed by atoms with Crippen LogP contribution < -0.4 is 0 Å². The minimum absolute atomic E-state index is 0.494. The van der Waals surface area contributed by atoms with E-state index >= 15 is 0 Å². The third kappa shape index (κ3) is 2.20. The summed E-state index contributed by atoms with van der Waals surface area (Å²) in [5.41, 5.74) is 0.555. The Hall–Kier alpha value is -2.90. The highest BCUT2D eigenvalue weighted by Crippen LogP contribution is 2.32. The molecule has 25 heavy (non-hydrogen) atoms. The third-order valence-corrected chi connectivity index (χ3v) is 5.23. The van der Waals surface area contributed by atoms with E-state index in [2.05, 4.69) is 60.7 Å². The summed E-state index contributed by atoms with van der Waals surface area (Å²) in [6.07, 6.45) is 0.838. The summed E-state index contributed by atoms with van der Waals surface area (Å²) in [5, 5.41) is 9.57. The number of benzene rings is 5. The minimum Gasteiger partial charge on any atom is -0.298 e. The first-order chi connectivity index (χ1) is 12.2. The Balaban J connectivity index is 1.91. The van der Waals surface area contributed by atoms with E-state index in [1.165, 1.54) is 21.5 Å². The molecule has 5 aromatic rings. The van der Waals surface area contributed by atoms with Gasteiger partial charge in [0.25, 0.3) is 0 Å². The Labute approximate surface area is 149 Å². The molecule has 0 aromatic heterocycles. The molecule has 118 valence electrons. The molecule has 0 radical (unpaired) electrons. The zero-order valence-electron chi connectivity index (χ0n) is 13.3. The van der Waals surface area contributed by atoms with Crippen molar-refractivity contribution in [1.82, 2.24) is 0 Å². The molecule has 0 unspecified atom stereocenters. The lowest BCUT2D eigenvalue weighted by molar-refractivity contribution is 0.112. The van der Waals surface area contributed by atoms with Crippen LogP contribution in [-0.2, 0) is 0 Å². The molecule has 0 saturated carbocycles. The Morgan fingerprint density at radius 3 is 1.72 bits per heavy atom. The molecule has 0 amide bonds. The Kier molecular flexibility index (Phi) is 3.06. The fourth-order valence-corrected chi connectivity index (χ4v) is 3.84. The van der Waals surface area contributed by atoms with Crippen molar-refractivity contribution in [2.45, 2.75) is 0 Å². The van der Waals surface area contributed by atoms with E-state index < -0.39 is 0 Å². The van der Waals surface area contributed by atoms with Gasteiger partial charge < -0.3 is 0 Å². The molecular formula is C23H13ClO. The predicted molar refractivity (Wildman–Crippen MR) is 107 cm³/mol. The second-order valence-corrected chi connectivity index (χ2v) is 6.81. The Morgan fingerprint density at radius 1 is 0.600 bits per heavy atom. The van der Waals surface area contributed by atoms with Crippen LogP contribution in [0.5, 0.6) is 0 Å². The summed E-state index contributed by atoms with van der Waals surface area (Å²) in [7, 11) is 0. The molecule has 0 aliphatic rings. The highest BCUT2D eigenvalue weighted by atomic mass is 35.5. The second-order valence-electron chi connectivity index (χ2n) is 6.40. The number of carbonyl (C=O) groups is 1. The standard InChI is InChI=1S/C23H13ClO/c24-23-6-5-16-9-19-10-17-7-14-3-1-2-4-15(14)8-18(17)11-20(19)12-21(16)22(23)13-25/h1-13H. The molecule has 1 nitrogen and oxygen atoms in total. The largest absolute Gasteiger partial charge is 0.298 e. The molecule has 0 aliphatic heterocycles. The van der Waals surface area contributed by atoms with Gasteiger partial charge in [0, 0.05) is 5.56 Å². The first kappa shape index (κ1) is 14.4. The Morgan fingerprint density at radius 2 is 1.12 bits per heavy atom. The first-order valence-corrected chi connectivity index (χ1v) is 8.54. The van der Waals surface area contributed by atoms with Crippen LogP contribution in [0.3, 0.4) is 0 Å². The van der Waals surface area contributed by atoms with Crippen LogP contribution in [0.4, 0.5) is 0 Å². The van der Waals surface area contributed by atoms with E-state index in [1.807, 2.05) is 6.07 Å². The first-order valence-electron chi connectivity index (χ1n) is 8.17.